The lowest BCUT2D eigenvalue weighted by molar-refractivity contribution is 0.288. The molecular weight excluding hydrogens is 152 g/mol. The molecule has 12 heavy (non-hydrogen) atoms. The Hall–Kier alpha value is -0.900. The molecule has 0 aromatic carbocycles. The lowest BCUT2D eigenvalue weighted by atomic mass is 10.4. The van der Waals surface area contributed by atoms with Crippen LogP contribution in [0.4, 0.5) is 0 Å². The van der Waals surface area contributed by atoms with Crippen molar-refractivity contribution in [1.82, 2.24) is 19.7 Å². The number of hydrogen-bond acceptors (Lipinski definition) is 3. The average Bonchev–Trinajstić information content (AvgIpc) is 2.47. The smallest absolute Gasteiger partial charge is 0.164 e. The van der Waals surface area contributed by atoms with E-state index in [1.807, 2.05) is 7.05 Å². The van der Waals surface area contributed by atoms with Gasteiger partial charge in [-0.3, -0.25) is 9.58 Å². The van der Waals surface area contributed by atoms with Gasteiger partial charge in [0.25, 0.3) is 0 Å². The van der Waals surface area contributed by atoms with E-state index in [9.17, 15) is 0 Å². The zero-order valence-corrected chi connectivity index (χ0v) is 7.99. The van der Waals surface area contributed by atoms with Gasteiger partial charge in [-0.05, 0) is 13.1 Å². The van der Waals surface area contributed by atoms with E-state index in [-0.39, 0.29) is 0 Å². The molecule has 4 nitrogen and oxygen atoms in total. The molecule has 0 N–H and O–H groups in total. The zero-order chi connectivity index (χ0) is 8.97. The molecule has 0 unspecified atom stereocenters. The van der Waals surface area contributed by atoms with Crippen molar-refractivity contribution in [3.8, 4) is 0 Å². The summed E-state index contributed by atoms with van der Waals surface area (Å²) in [5.74, 6) is 0.904. The fraction of sp³-hybridized carbons (Fsp3) is 0.750. The first-order valence-electron chi connectivity index (χ1n) is 4.33. The van der Waals surface area contributed by atoms with Crippen LogP contribution in [0, 0.1) is 0 Å². The number of nitrogens with zero attached hydrogens (tertiary/aromatic N) is 4. The van der Waals surface area contributed by atoms with Crippen LogP contribution >= 0.6 is 0 Å². The Morgan fingerprint density at radius 2 is 2.08 bits per heavy atom. The molecule has 0 aliphatic rings. The average molecular weight is 168 g/mol. The summed E-state index contributed by atoms with van der Waals surface area (Å²) < 4.78 is 1.73. The van der Waals surface area contributed by atoms with Crippen LogP contribution in [0.5, 0.6) is 0 Å². The van der Waals surface area contributed by atoms with Crippen LogP contribution in [-0.2, 0) is 13.6 Å². The third-order valence-corrected chi connectivity index (χ3v) is 1.91. The highest BCUT2D eigenvalue weighted by Crippen LogP contribution is 1.96. The normalized spacial score (nSPS) is 11.0. The predicted molar refractivity (Wildman–Crippen MR) is 47.6 cm³/mol. The number of rotatable bonds is 4. The zero-order valence-electron chi connectivity index (χ0n) is 7.99. The first kappa shape index (κ1) is 9.19. The summed E-state index contributed by atoms with van der Waals surface area (Å²) in [6.45, 7) is 7.25. The van der Waals surface area contributed by atoms with E-state index in [2.05, 4.69) is 28.8 Å². The first-order chi connectivity index (χ1) is 5.76. The minimum atomic E-state index is 0.855. The van der Waals surface area contributed by atoms with E-state index in [0.29, 0.717) is 0 Å². The quantitative estimate of drug-likeness (QED) is 0.662. The monoisotopic (exact) mass is 168 g/mol. The van der Waals surface area contributed by atoms with Crippen LogP contribution in [0.1, 0.15) is 19.7 Å². The van der Waals surface area contributed by atoms with Crippen molar-refractivity contribution in [2.45, 2.75) is 20.4 Å². The Kier molecular flexibility index (Phi) is 3.22. The van der Waals surface area contributed by atoms with Gasteiger partial charge in [0.15, 0.2) is 5.82 Å². The van der Waals surface area contributed by atoms with Crippen molar-refractivity contribution in [3.05, 3.63) is 12.2 Å². The Balaban J connectivity index is 2.50. The van der Waals surface area contributed by atoms with Gasteiger partial charge in [-0.25, -0.2) is 4.98 Å². The topological polar surface area (TPSA) is 34.0 Å². The van der Waals surface area contributed by atoms with Crippen LogP contribution in [0.2, 0.25) is 0 Å². The second-order valence-electron chi connectivity index (χ2n) is 2.80. The van der Waals surface area contributed by atoms with Crippen LogP contribution in [0.15, 0.2) is 6.33 Å². The number of aryl methyl sites for hydroxylation is 1. The maximum Gasteiger partial charge on any atom is 0.164 e. The molecule has 0 aliphatic heterocycles. The van der Waals surface area contributed by atoms with E-state index >= 15 is 0 Å². The van der Waals surface area contributed by atoms with Crippen molar-refractivity contribution in [2.24, 2.45) is 7.05 Å². The fourth-order valence-electron chi connectivity index (χ4n) is 1.10. The van der Waals surface area contributed by atoms with E-state index in [1.54, 1.807) is 11.0 Å². The summed E-state index contributed by atoms with van der Waals surface area (Å²) in [5.41, 5.74) is 0. The Morgan fingerprint density at radius 3 is 2.50 bits per heavy atom. The molecule has 0 bridgehead atoms. The van der Waals surface area contributed by atoms with Gasteiger partial charge in [0.05, 0.1) is 6.54 Å². The lowest BCUT2D eigenvalue weighted by Crippen LogP contribution is -2.22. The highest BCUT2D eigenvalue weighted by atomic mass is 15.3. The van der Waals surface area contributed by atoms with Gasteiger partial charge in [-0.1, -0.05) is 13.8 Å². The largest absolute Gasteiger partial charge is 0.296 e. The van der Waals surface area contributed by atoms with E-state index < -0.39 is 0 Å². The van der Waals surface area contributed by atoms with Crippen molar-refractivity contribution >= 4 is 0 Å². The van der Waals surface area contributed by atoms with E-state index in [4.69, 9.17) is 0 Å². The summed E-state index contributed by atoms with van der Waals surface area (Å²) >= 11 is 0. The Bertz CT molecular complexity index is 227. The standard InChI is InChI=1S/C8H16N4/c1-4-12(5-2)6-8-9-7-11(3)10-8/h7H,4-6H2,1-3H3. The molecule has 0 aliphatic carbocycles. The van der Waals surface area contributed by atoms with Crippen molar-refractivity contribution in [3.63, 3.8) is 0 Å². The third kappa shape index (κ3) is 2.30. The molecule has 0 spiro atoms. The minimum absolute atomic E-state index is 0.855. The van der Waals surface area contributed by atoms with Gasteiger partial charge in [-0.2, -0.15) is 5.10 Å². The Morgan fingerprint density at radius 1 is 1.42 bits per heavy atom. The SMILES string of the molecule is CCN(CC)Cc1ncn(C)n1. The summed E-state index contributed by atoms with van der Waals surface area (Å²) in [4.78, 5) is 6.45. The molecule has 0 saturated carbocycles. The molecule has 0 amide bonds. The summed E-state index contributed by atoms with van der Waals surface area (Å²) in [5, 5.41) is 4.21. The molecule has 4 heteroatoms. The van der Waals surface area contributed by atoms with Gasteiger partial charge in [0.1, 0.15) is 6.33 Å². The van der Waals surface area contributed by atoms with Gasteiger partial charge in [0, 0.05) is 7.05 Å². The van der Waals surface area contributed by atoms with Gasteiger partial charge in [0.2, 0.25) is 0 Å². The second-order valence-corrected chi connectivity index (χ2v) is 2.80. The molecular formula is C8H16N4. The summed E-state index contributed by atoms with van der Waals surface area (Å²) in [6, 6.07) is 0. The van der Waals surface area contributed by atoms with Crippen LogP contribution in [0.3, 0.4) is 0 Å². The van der Waals surface area contributed by atoms with Gasteiger partial charge < -0.3 is 0 Å². The predicted octanol–water partition coefficient (Wildman–Crippen LogP) is 0.657. The molecule has 1 aromatic heterocycles. The van der Waals surface area contributed by atoms with Gasteiger partial charge >= 0.3 is 0 Å². The number of hydrogen-bond donors (Lipinski definition) is 0. The number of aromatic nitrogens is 3. The van der Waals surface area contributed by atoms with Crippen molar-refractivity contribution < 1.29 is 0 Å². The van der Waals surface area contributed by atoms with E-state index in [1.165, 1.54) is 0 Å². The molecule has 1 aromatic rings. The lowest BCUT2D eigenvalue weighted by Gasteiger charge is -2.14. The molecule has 68 valence electrons. The minimum Gasteiger partial charge on any atom is -0.296 e. The highest BCUT2D eigenvalue weighted by Gasteiger charge is 2.03. The molecule has 1 heterocycles. The molecule has 1 rings (SSSR count). The first-order valence-corrected chi connectivity index (χ1v) is 4.33. The van der Waals surface area contributed by atoms with Gasteiger partial charge in [-0.15, -0.1) is 0 Å². The Labute approximate surface area is 73.2 Å². The summed E-state index contributed by atoms with van der Waals surface area (Å²) in [6.07, 6.45) is 1.73. The molecule has 0 saturated heterocycles. The van der Waals surface area contributed by atoms with Crippen LogP contribution in [0.25, 0.3) is 0 Å². The second kappa shape index (κ2) is 4.21. The van der Waals surface area contributed by atoms with Crippen LogP contribution in [-0.4, -0.2) is 32.8 Å². The third-order valence-electron chi connectivity index (χ3n) is 1.91. The molecule has 0 fully saturated rings. The van der Waals surface area contributed by atoms with Crippen molar-refractivity contribution in [2.75, 3.05) is 13.1 Å². The maximum absolute atomic E-state index is 4.21. The van der Waals surface area contributed by atoms with Crippen molar-refractivity contribution in [1.29, 1.82) is 0 Å². The fourth-order valence-corrected chi connectivity index (χ4v) is 1.10. The molecule has 0 atom stereocenters. The maximum atomic E-state index is 4.21. The van der Waals surface area contributed by atoms with Crippen LogP contribution < -0.4 is 0 Å². The summed E-state index contributed by atoms with van der Waals surface area (Å²) in [7, 11) is 1.89. The highest BCUT2D eigenvalue weighted by molar-refractivity contribution is 4.80. The molecule has 0 radical (unpaired) electrons. The van der Waals surface area contributed by atoms with E-state index in [0.717, 1.165) is 25.5 Å².